The number of anilines is 1. The Balaban J connectivity index is 1.50. The van der Waals surface area contributed by atoms with Crippen molar-refractivity contribution in [3.05, 3.63) is 121 Å². The van der Waals surface area contributed by atoms with E-state index < -0.39 is 6.10 Å². The van der Waals surface area contributed by atoms with Gasteiger partial charge in [0.1, 0.15) is 5.75 Å². The Kier molecular flexibility index (Phi) is 6.55. The van der Waals surface area contributed by atoms with Gasteiger partial charge in [-0.15, -0.1) is 0 Å². The minimum absolute atomic E-state index is 0.422. The zero-order valence-electron chi connectivity index (χ0n) is 21.3. The van der Waals surface area contributed by atoms with Gasteiger partial charge < -0.3 is 19.7 Å². The first-order chi connectivity index (χ1) is 18.7. The topological polar surface area (TPSA) is 46.4 Å². The SMILES string of the molecule is COc1ccc(NCC(O)Cn2c(-c3ccccc3)c(-c3ccccc3)c3ccc4ccccc4c32)cc1. The lowest BCUT2D eigenvalue weighted by molar-refractivity contribution is 0.169. The molecule has 2 N–H and O–H groups in total. The zero-order chi connectivity index (χ0) is 25.9. The molecule has 0 radical (unpaired) electrons. The van der Waals surface area contributed by atoms with E-state index in [9.17, 15) is 5.11 Å². The predicted molar refractivity (Wildman–Crippen MR) is 158 cm³/mol. The van der Waals surface area contributed by atoms with Gasteiger partial charge >= 0.3 is 0 Å². The highest BCUT2D eigenvalue weighted by Gasteiger charge is 2.23. The Hall–Kier alpha value is -4.54. The highest BCUT2D eigenvalue weighted by molar-refractivity contribution is 6.15. The van der Waals surface area contributed by atoms with Crippen LogP contribution in [0.5, 0.6) is 5.75 Å². The van der Waals surface area contributed by atoms with Crippen molar-refractivity contribution < 1.29 is 9.84 Å². The van der Waals surface area contributed by atoms with Gasteiger partial charge in [0.2, 0.25) is 0 Å². The first kappa shape index (κ1) is 23.8. The van der Waals surface area contributed by atoms with Crippen LogP contribution in [0, 0.1) is 0 Å². The van der Waals surface area contributed by atoms with Crippen molar-refractivity contribution in [2.75, 3.05) is 19.0 Å². The quantitative estimate of drug-likeness (QED) is 0.227. The minimum atomic E-state index is -0.613. The molecule has 0 saturated carbocycles. The lowest BCUT2D eigenvalue weighted by Gasteiger charge is -2.18. The fraction of sp³-hybridized carbons (Fsp3) is 0.118. The second-order valence-corrected chi connectivity index (χ2v) is 9.51. The number of methoxy groups -OCH3 is 1. The average molecular weight is 499 g/mol. The third kappa shape index (κ3) is 4.51. The molecule has 4 nitrogen and oxygen atoms in total. The zero-order valence-corrected chi connectivity index (χ0v) is 21.3. The molecule has 6 rings (SSSR count). The molecule has 1 unspecified atom stereocenters. The van der Waals surface area contributed by atoms with E-state index in [1.807, 2.05) is 30.3 Å². The highest BCUT2D eigenvalue weighted by Crippen LogP contribution is 2.43. The van der Waals surface area contributed by atoms with Crippen LogP contribution in [0.2, 0.25) is 0 Å². The number of aliphatic hydroxyl groups excluding tert-OH is 1. The van der Waals surface area contributed by atoms with Crippen molar-refractivity contribution in [1.82, 2.24) is 4.57 Å². The van der Waals surface area contributed by atoms with Gasteiger partial charge in [-0.25, -0.2) is 0 Å². The molecule has 0 fully saturated rings. The molecule has 0 saturated heterocycles. The largest absolute Gasteiger partial charge is 0.497 e. The molecule has 0 aliphatic carbocycles. The van der Waals surface area contributed by atoms with Gasteiger partial charge in [-0.3, -0.25) is 0 Å². The summed E-state index contributed by atoms with van der Waals surface area (Å²) in [5.74, 6) is 0.808. The third-order valence-electron chi connectivity index (χ3n) is 7.08. The van der Waals surface area contributed by atoms with Crippen molar-refractivity contribution in [3.63, 3.8) is 0 Å². The monoisotopic (exact) mass is 498 g/mol. The van der Waals surface area contributed by atoms with E-state index in [0.29, 0.717) is 13.1 Å². The molecule has 1 heterocycles. The van der Waals surface area contributed by atoms with Gasteiger partial charge in [0, 0.05) is 28.6 Å². The van der Waals surface area contributed by atoms with Crippen LogP contribution < -0.4 is 10.1 Å². The Morgan fingerprint density at radius 3 is 2.08 bits per heavy atom. The van der Waals surface area contributed by atoms with Gasteiger partial charge in [0.05, 0.1) is 31.0 Å². The molecule has 0 aliphatic rings. The molecule has 5 aromatic carbocycles. The van der Waals surface area contributed by atoms with Gasteiger partial charge in [-0.2, -0.15) is 0 Å². The second kappa shape index (κ2) is 10.4. The Morgan fingerprint density at radius 1 is 0.711 bits per heavy atom. The van der Waals surface area contributed by atoms with Gasteiger partial charge in [-0.05, 0) is 40.8 Å². The van der Waals surface area contributed by atoms with Crippen molar-refractivity contribution in [1.29, 1.82) is 0 Å². The summed E-state index contributed by atoms with van der Waals surface area (Å²) in [6.07, 6.45) is -0.613. The summed E-state index contributed by atoms with van der Waals surface area (Å²) >= 11 is 0. The molecule has 4 heteroatoms. The minimum Gasteiger partial charge on any atom is -0.497 e. The lowest BCUT2D eigenvalue weighted by Crippen LogP contribution is -2.25. The number of ether oxygens (including phenoxy) is 1. The number of rotatable bonds is 8. The summed E-state index contributed by atoms with van der Waals surface area (Å²) < 4.78 is 7.58. The summed E-state index contributed by atoms with van der Waals surface area (Å²) in [7, 11) is 1.66. The number of nitrogens with zero attached hydrogens (tertiary/aromatic N) is 1. The summed E-state index contributed by atoms with van der Waals surface area (Å²) in [5.41, 5.74) is 6.68. The molecular formula is C34H30N2O2. The van der Waals surface area contributed by atoms with E-state index in [-0.39, 0.29) is 0 Å². The van der Waals surface area contributed by atoms with Gasteiger partial charge in [0.25, 0.3) is 0 Å². The Bertz CT molecular complexity index is 1670. The second-order valence-electron chi connectivity index (χ2n) is 9.51. The first-order valence-corrected chi connectivity index (χ1v) is 12.9. The molecule has 0 amide bonds. The fourth-order valence-corrected chi connectivity index (χ4v) is 5.32. The highest BCUT2D eigenvalue weighted by atomic mass is 16.5. The molecular weight excluding hydrogens is 468 g/mol. The molecule has 188 valence electrons. The van der Waals surface area contributed by atoms with Crippen LogP contribution in [-0.4, -0.2) is 29.4 Å². The predicted octanol–water partition coefficient (Wildman–Crippen LogP) is 7.61. The number of fused-ring (bicyclic) bond motifs is 3. The standard InChI is InChI=1S/C34H30N2O2/c1-38-29-19-17-27(18-20-29)35-22-28(37)23-36-33(26-13-6-3-7-14-26)32(25-11-4-2-5-12-25)31-21-16-24-10-8-9-15-30(24)34(31)36/h2-21,28,35,37H,22-23H2,1H3. The molecule has 0 aliphatic heterocycles. The Labute approximate surface area is 222 Å². The van der Waals surface area contributed by atoms with Crippen LogP contribution in [0.25, 0.3) is 44.1 Å². The van der Waals surface area contributed by atoms with Gasteiger partial charge in [0.15, 0.2) is 0 Å². The lowest BCUT2D eigenvalue weighted by atomic mass is 9.97. The third-order valence-corrected chi connectivity index (χ3v) is 7.08. The van der Waals surface area contributed by atoms with Crippen LogP contribution in [0.1, 0.15) is 0 Å². The normalized spacial score (nSPS) is 12.1. The van der Waals surface area contributed by atoms with Crippen molar-refractivity contribution in [2.24, 2.45) is 0 Å². The maximum Gasteiger partial charge on any atom is 0.119 e. The van der Waals surface area contributed by atoms with E-state index in [1.165, 1.54) is 21.7 Å². The summed E-state index contributed by atoms with van der Waals surface area (Å²) in [5, 5.41) is 18.3. The molecule has 1 aromatic heterocycles. The fourth-order valence-electron chi connectivity index (χ4n) is 5.32. The maximum absolute atomic E-state index is 11.3. The van der Waals surface area contributed by atoms with E-state index >= 15 is 0 Å². The molecule has 0 spiro atoms. The van der Waals surface area contributed by atoms with Crippen LogP contribution in [0.15, 0.2) is 121 Å². The molecule has 0 bridgehead atoms. The van der Waals surface area contributed by atoms with Crippen LogP contribution in [-0.2, 0) is 6.54 Å². The van der Waals surface area contributed by atoms with Crippen LogP contribution in [0.3, 0.4) is 0 Å². The smallest absolute Gasteiger partial charge is 0.119 e. The average Bonchev–Trinajstić information content (AvgIpc) is 3.31. The van der Waals surface area contributed by atoms with E-state index in [1.54, 1.807) is 7.11 Å². The summed E-state index contributed by atoms with van der Waals surface area (Å²) in [6.45, 7) is 0.871. The molecule has 38 heavy (non-hydrogen) atoms. The number of nitrogens with one attached hydrogen (secondary N) is 1. The van der Waals surface area contributed by atoms with Crippen molar-refractivity contribution in [3.8, 4) is 28.1 Å². The Morgan fingerprint density at radius 2 is 1.37 bits per heavy atom. The van der Waals surface area contributed by atoms with Crippen LogP contribution >= 0.6 is 0 Å². The number of aliphatic hydroxyl groups is 1. The number of hydrogen-bond donors (Lipinski definition) is 2. The molecule has 6 aromatic rings. The van der Waals surface area contributed by atoms with Crippen molar-refractivity contribution >= 4 is 27.4 Å². The number of benzene rings is 5. The summed E-state index contributed by atoms with van der Waals surface area (Å²) in [6, 6.07) is 41.7. The number of aromatic nitrogens is 1. The first-order valence-electron chi connectivity index (χ1n) is 12.9. The maximum atomic E-state index is 11.3. The van der Waals surface area contributed by atoms with E-state index in [4.69, 9.17) is 4.74 Å². The van der Waals surface area contributed by atoms with Gasteiger partial charge in [-0.1, -0.05) is 97.1 Å². The van der Waals surface area contributed by atoms with Crippen LogP contribution in [0.4, 0.5) is 5.69 Å². The molecule has 1 atom stereocenters. The van der Waals surface area contributed by atoms with E-state index in [0.717, 1.165) is 33.8 Å². The number of hydrogen-bond acceptors (Lipinski definition) is 3. The van der Waals surface area contributed by atoms with Crippen molar-refractivity contribution in [2.45, 2.75) is 12.6 Å². The summed E-state index contributed by atoms with van der Waals surface area (Å²) in [4.78, 5) is 0. The van der Waals surface area contributed by atoms with E-state index in [2.05, 4.69) is 101 Å².